The van der Waals surface area contributed by atoms with Gasteiger partial charge in [-0.3, -0.25) is 4.79 Å². The van der Waals surface area contributed by atoms with Gasteiger partial charge in [0.2, 0.25) is 5.91 Å². The molecular formula is C18H16N4O2. The molecule has 6 heteroatoms. The number of hydrogen-bond acceptors (Lipinski definition) is 4. The van der Waals surface area contributed by atoms with Crippen LogP contribution in [-0.2, 0) is 4.79 Å². The lowest BCUT2D eigenvalue weighted by atomic mass is 10.0. The molecule has 1 amide bonds. The Hall–Kier alpha value is -3.15. The highest BCUT2D eigenvalue weighted by Crippen LogP contribution is 2.36. The third-order valence-electron chi connectivity index (χ3n) is 4.21. The van der Waals surface area contributed by atoms with Crippen molar-refractivity contribution in [2.24, 2.45) is 0 Å². The Morgan fingerprint density at radius 2 is 2.38 bits per heavy atom. The lowest BCUT2D eigenvalue weighted by Crippen LogP contribution is -2.31. The SMILES string of the molecule is C=CC(=O)NC1CC=C(c2ncnc3[nH]cc(-c4ccco4)c23)C1. The summed E-state index contributed by atoms with van der Waals surface area (Å²) in [4.78, 5) is 23.5. The van der Waals surface area contributed by atoms with Crippen LogP contribution in [0.4, 0.5) is 0 Å². The molecule has 24 heavy (non-hydrogen) atoms. The van der Waals surface area contributed by atoms with Crippen molar-refractivity contribution in [1.29, 1.82) is 0 Å². The van der Waals surface area contributed by atoms with Gasteiger partial charge in [0, 0.05) is 17.8 Å². The minimum atomic E-state index is -0.152. The molecule has 0 saturated heterocycles. The monoisotopic (exact) mass is 320 g/mol. The van der Waals surface area contributed by atoms with Crippen molar-refractivity contribution < 1.29 is 9.21 Å². The minimum absolute atomic E-state index is 0.0709. The van der Waals surface area contributed by atoms with E-state index < -0.39 is 0 Å². The van der Waals surface area contributed by atoms with E-state index in [1.807, 2.05) is 18.3 Å². The zero-order chi connectivity index (χ0) is 16.5. The van der Waals surface area contributed by atoms with E-state index in [4.69, 9.17) is 4.42 Å². The number of aromatic nitrogens is 3. The number of fused-ring (bicyclic) bond motifs is 1. The van der Waals surface area contributed by atoms with Gasteiger partial charge in [0.15, 0.2) is 0 Å². The summed E-state index contributed by atoms with van der Waals surface area (Å²) in [6.07, 6.45) is 10.0. The van der Waals surface area contributed by atoms with Gasteiger partial charge in [-0.05, 0) is 36.6 Å². The second-order valence-electron chi connectivity index (χ2n) is 5.70. The largest absolute Gasteiger partial charge is 0.464 e. The third kappa shape index (κ3) is 2.42. The highest BCUT2D eigenvalue weighted by molar-refractivity contribution is 5.99. The molecule has 0 radical (unpaired) electrons. The Kier molecular flexibility index (Phi) is 3.49. The number of nitrogens with one attached hydrogen (secondary N) is 2. The number of rotatable bonds is 4. The molecule has 1 aliphatic carbocycles. The predicted molar refractivity (Wildman–Crippen MR) is 90.9 cm³/mol. The van der Waals surface area contributed by atoms with Gasteiger partial charge >= 0.3 is 0 Å². The van der Waals surface area contributed by atoms with E-state index in [0.717, 1.165) is 46.5 Å². The number of carbonyl (C=O) groups is 1. The average molecular weight is 320 g/mol. The van der Waals surface area contributed by atoms with Crippen molar-refractivity contribution in [3.05, 3.63) is 55.3 Å². The number of nitrogens with zero attached hydrogens (tertiary/aromatic N) is 2. The van der Waals surface area contributed by atoms with Gasteiger partial charge in [-0.2, -0.15) is 0 Å². The Labute approximate surface area is 138 Å². The van der Waals surface area contributed by atoms with Gasteiger partial charge in [-0.25, -0.2) is 9.97 Å². The molecule has 2 N–H and O–H groups in total. The molecule has 0 aliphatic heterocycles. The molecule has 3 heterocycles. The van der Waals surface area contributed by atoms with Gasteiger partial charge < -0.3 is 14.7 Å². The Bertz CT molecular complexity index is 937. The van der Waals surface area contributed by atoms with E-state index in [9.17, 15) is 4.79 Å². The van der Waals surface area contributed by atoms with Crippen molar-refractivity contribution in [2.45, 2.75) is 18.9 Å². The van der Waals surface area contributed by atoms with Crippen LogP contribution in [0.25, 0.3) is 27.9 Å². The smallest absolute Gasteiger partial charge is 0.243 e. The highest BCUT2D eigenvalue weighted by Gasteiger charge is 2.23. The summed E-state index contributed by atoms with van der Waals surface area (Å²) in [6.45, 7) is 3.49. The van der Waals surface area contributed by atoms with Gasteiger partial charge in [0.25, 0.3) is 0 Å². The summed E-state index contributed by atoms with van der Waals surface area (Å²) in [5.74, 6) is 0.618. The van der Waals surface area contributed by atoms with Crippen LogP contribution in [0, 0.1) is 0 Å². The average Bonchev–Trinajstić information content (AvgIpc) is 3.33. The van der Waals surface area contributed by atoms with Gasteiger partial charge in [0.1, 0.15) is 17.7 Å². The number of aromatic amines is 1. The van der Waals surface area contributed by atoms with E-state index in [-0.39, 0.29) is 11.9 Å². The maximum absolute atomic E-state index is 11.5. The molecule has 0 fully saturated rings. The second-order valence-corrected chi connectivity index (χ2v) is 5.70. The number of carbonyl (C=O) groups excluding carboxylic acids is 1. The first kappa shape index (κ1) is 14.4. The third-order valence-corrected chi connectivity index (χ3v) is 4.21. The van der Waals surface area contributed by atoms with Crippen LogP contribution in [0.1, 0.15) is 18.5 Å². The van der Waals surface area contributed by atoms with Crippen LogP contribution < -0.4 is 5.32 Å². The van der Waals surface area contributed by atoms with Gasteiger partial charge in [-0.15, -0.1) is 0 Å². The minimum Gasteiger partial charge on any atom is -0.464 e. The summed E-state index contributed by atoms with van der Waals surface area (Å²) >= 11 is 0. The lowest BCUT2D eigenvalue weighted by Gasteiger charge is -2.11. The first-order valence-corrected chi connectivity index (χ1v) is 7.74. The molecular weight excluding hydrogens is 304 g/mol. The van der Waals surface area contributed by atoms with Crippen molar-refractivity contribution in [3.63, 3.8) is 0 Å². The van der Waals surface area contributed by atoms with Gasteiger partial charge in [-0.1, -0.05) is 12.7 Å². The number of H-pyrrole nitrogens is 1. The fraction of sp³-hybridized carbons (Fsp3) is 0.167. The van der Waals surface area contributed by atoms with E-state index in [2.05, 4.69) is 32.9 Å². The summed E-state index contributed by atoms with van der Waals surface area (Å²) < 4.78 is 5.53. The highest BCUT2D eigenvalue weighted by atomic mass is 16.3. The normalized spacial score (nSPS) is 17.0. The van der Waals surface area contributed by atoms with Crippen LogP contribution in [-0.4, -0.2) is 26.9 Å². The van der Waals surface area contributed by atoms with Crippen molar-refractivity contribution >= 4 is 22.5 Å². The van der Waals surface area contributed by atoms with E-state index in [0.29, 0.717) is 0 Å². The Morgan fingerprint density at radius 1 is 1.46 bits per heavy atom. The topological polar surface area (TPSA) is 83.8 Å². The fourth-order valence-electron chi connectivity index (χ4n) is 3.11. The summed E-state index contributed by atoms with van der Waals surface area (Å²) in [5.41, 5.74) is 3.68. The standard InChI is InChI=1S/C18H16N4O2/c1-2-15(23)22-12-6-5-11(8-12)17-16-13(14-4-3-7-24-14)9-19-18(16)21-10-20-17/h2-5,7,9-10,12H,1,6,8H2,(H,22,23)(H,19,20,21). The molecule has 1 unspecified atom stereocenters. The first-order chi connectivity index (χ1) is 11.8. The fourth-order valence-corrected chi connectivity index (χ4v) is 3.11. The van der Waals surface area contributed by atoms with Crippen molar-refractivity contribution in [2.75, 3.05) is 0 Å². The molecule has 3 aromatic heterocycles. The molecule has 1 aliphatic rings. The molecule has 1 atom stereocenters. The number of furan rings is 1. The summed E-state index contributed by atoms with van der Waals surface area (Å²) in [7, 11) is 0. The van der Waals surface area contributed by atoms with E-state index in [1.165, 1.54) is 6.08 Å². The maximum atomic E-state index is 11.5. The van der Waals surface area contributed by atoms with Crippen LogP contribution in [0.2, 0.25) is 0 Å². The van der Waals surface area contributed by atoms with Gasteiger partial charge in [0.05, 0.1) is 17.3 Å². The molecule has 0 spiro atoms. The lowest BCUT2D eigenvalue weighted by molar-refractivity contribution is -0.117. The quantitative estimate of drug-likeness (QED) is 0.724. The predicted octanol–water partition coefficient (Wildman–Crippen LogP) is 3.07. The van der Waals surface area contributed by atoms with Crippen LogP contribution in [0.5, 0.6) is 0 Å². The number of hydrogen-bond donors (Lipinski definition) is 2. The molecule has 3 aromatic rings. The van der Waals surface area contributed by atoms with Crippen LogP contribution >= 0.6 is 0 Å². The summed E-state index contributed by atoms with van der Waals surface area (Å²) in [6, 6.07) is 3.84. The second kappa shape index (κ2) is 5.81. The van der Waals surface area contributed by atoms with E-state index in [1.54, 1.807) is 12.6 Å². The van der Waals surface area contributed by atoms with Crippen molar-refractivity contribution in [3.8, 4) is 11.3 Å². The summed E-state index contributed by atoms with van der Waals surface area (Å²) in [5, 5.41) is 3.87. The maximum Gasteiger partial charge on any atom is 0.243 e. The molecule has 0 saturated carbocycles. The molecule has 120 valence electrons. The van der Waals surface area contributed by atoms with E-state index >= 15 is 0 Å². The molecule has 4 rings (SSSR count). The Balaban J connectivity index is 1.72. The molecule has 0 bridgehead atoms. The molecule has 0 aromatic carbocycles. The first-order valence-electron chi connectivity index (χ1n) is 7.74. The number of amides is 1. The zero-order valence-electron chi connectivity index (χ0n) is 13.0. The van der Waals surface area contributed by atoms with Crippen molar-refractivity contribution in [1.82, 2.24) is 20.3 Å². The zero-order valence-corrected chi connectivity index (χ0v) is 13.0. The molecule has 6 nitrogen and oxygen atoms in total. The Morgan fingerprint density at radius 3 is 3.17 bits per heavy atom. The van der Waals surface area contributed by atoms with Crippen LogP contribution in [0.3, 0.4) is 0 Å². The van der Waals surface area contributed by atoms with Crippen LogP contribution in [0.15, 0.2) is 54.1 Å².